The standard InChI is InChI=1S/C14H11NO/c1-9-6-7-11-10-4-2-3-5-12(10)14(16)15-13(11)8-9/h2-8H,1H3,(H,15,16). The Morgan fingerprint density at radius 3 is 2.50 bits per heavy atom. The van der Waals surface area contributed by atoms with Gasteiger partial charge in [0, 0.05) is 16.3 Å². The Labute approximate surface area is 92.5 Å². The third-order valence-electron chi connectivity index (χ3n) is 2.89. The highest BCUT2D eigenvalue weighted by molar-refractivity contribution is 6.05. The first-order chi connectivity index (χ1) is 7.75. The molecular weight excluding hydrogens is 198 g/mol. The maximum absolute atomic E-state index is 11.8. The minimum atomic E-state index is -0.0197. The maximum Gasteiger partial charge on any atom is 0.256 e. The molecule has 0 aliphatic heterocycles. The molecule has 0 saturated carbocycles. The molecule has 2 aromatic carbocycles. The number of hydrogen-bond donors (Lipinski definition) is 1. The molecule has 0 aliphatic carbocycles. The number of nitrogens with one attached hydrogen (secondary N) is 1. The fourth-order valence-corrected chi connectivity index (χ4v) is 2.10. The highest BCUT2D eigenvalue weighted by Gasteiger charge is 2.03. The number of aryl methyl sites for hydroxylation is 1. The third kappa shape index (κ3) is 1.23. The molecule has 1 N–H and O–H groups in total. The van der Waals surface area contributed by atoms with Crippen molar-refractivity contribution in [1.82, 2.24) is 4.98 Å². The highest BCUT2D eigenvalue weighted by Crippen LogP contribution is 2.21. The third-order valence-corrected chi connectivity index (χ3v) is 2.89. The molecule has 0 bridgehead atoms. The molecule has 3 aromatic rings. The van der Waals surface area contributed by atoms with E-state index in [0.29, 0.717) is 0 Å². The largest absolute Gasteiger partial charge is 0.321 e. The lowest BCUT2D eigenvalue weighted by atomic mass is 10.1. The molecule has 0 radical (unpaired) electrons. The van der Waals surface area contributed by atoms with E-state index in [9.17, 15) is 4.79 Å². The van der Waals surface area contributed by atoms with Gasteiger partial charge in [-0.05, 0) is 30.0 Å². The molecule has 1 aromatic heterocycles. The Morgan fingerprint density at radius 2 is 1.69 bits per heavy atom. The van der Waals surface area contributed by atoms with E-state index in [1.54, 1.807) is 0 Å². The average molecular weight is 209 g/mol. The van der Waals surface area contributed by atoms with Crippen molar-refractivity contribution in [2.75, 3.05) is 0 Å². The number of H-pyrrole nitrogens is 1. The van der Waals surface area contributed by atoms with Crippen LogP contribution in [0, 0.1) is 6.92 Å². The van der Waals surface area contributed by atoms with Crippen LogP contribution in [0.15, 0.2) is 47.3 Å². The van der Waals surface area contributed by atoms with Crippen LogP contribution in [0.3, 0.4) is 0 Å². The number of fused-ring (bicyclic) bond motifs is 3. The topological polar surface area (TPSA) is 32.9 Å². The van der Waals surface area contributed by atoms with Gasteiger partial charge in [-0.3, -0.25) is 4.79 Å². The molecule has 16 heavy (non-hydrogen) atoms. The average Bonchev–Trinajstić information content (AvgIpc) is 2.29. The second kappa shape index (κ2) is 3.20. The molecule has 2 nitrogen and oxygen atoms in total. The predicted octanol–water partition coefficient (Wildman–Crippen LogP) is 2.99. The summed E-state index contributed by atoms with van der Waals surface area (Å²) in [5, 5.41) is 2.86. The van der Waals surface area contributed by atoms with Crippen LogP contribution in [-0.4, -0.2) is 4.98 Å². The van der Waals surface area contributed by atoms with Crippen molar-refractivity contribution in [2.45, 2.75) is 6.92 Å². The van der Waals surface area contributed by atoms with Crippen LogP contribution in [0.1, 0.15) is 5.56 Å². The van der Waals surface area contributed by atoms with Crippen molar-refractivity contribution < 1.29 is 0 Å². The number of benzene rings is 2. The molecule has 0 spiro atoms. The van der Waals surface area contributed by atoms with Gasteiger partial charge in [-0.15, -0.1) is 0 Å². The summed E-state index contributed by atoms with van der Waals surface area (Å²) in [4.78, 5) is 14.8. The fourth-order valence-electron chi connectivity index (χ4n) is 2.10. The van der Waals surface area contributed by atoms with E-state index in [1.165, 1.54) is 0 Å². The summed E-state index contributed by atoms with van der Waals surface area (Å²) in [6.45, 7) is 2.02. The van der Waals surface area contributed by atoms with Gasteiger partial charge in [0.15, 0.2) is 0 Å². The Hall–Kier alpha value is -2.09. The molecular formula is C14H11NO. The van der Waals surface area contributed by atoms with Gasteiger partial charge < -0.3 is 4.98 Å². The number of rotatable bonds is 0. The van der Waals surface area contributed by atoms with Crippen LogP contribution in [0.5, 0.6) is 0 Å². The molecule has 0 atom stereocenters. The van der Waals surface area contributed by atoms with Gasteiger partial charge in [0.05, 0.1) is 0 Å². The normalized spacial score (nSPS) is 11.1. The highest BCUT2D eigenvalue weighted by atomic mass is 16.1. The van der Waals surface area contributed by atoms with E-state index in [2.05, 4.69) is 17.1 Å². The fraction of sp³-hybridized carbons (Fsp3) is 0.0714. The summed E-state index contributed by atoms with van der Waals surface area (Å²) in [7, 11) is 0. The quantitative estimate of drug-likeness (QED) is 0.567. The Morgan fingerprint density at radius 1 is 0.938 bits per heavy atom. The molecule has 0 fully saturated rings. The molecule has 0 aliphatic rings. The molecule has 0 unspecified atom stereocenters. The first-order valence-corrected chi connectivity index (χ1v) is 5.27. The van der Waals surface area contributed by atoms with Crippen molar-refractivity contribution in [3.8, 4) is 0 Å². The van der Waals surface area contributed by atoms with Crippen molar-refractivity contribution >= 4 is 21.7 Å². The van der Waals surface area contributed by atoms with E-state index in [0.717, 1.165) is 27.2 Å². The van der Waals surface area contributed by atoms with E-state index in [4.69, 9.17) is 0 Å². The Kier molecular flexibility index (Phi) is 1.83. The summed E-state index contributed by atoms with van der Waals surface area (Å²) in [6, 6.07) is 13.8. The van der Waals surface area contributed by atoms with Crippen LogP contribution >= 0.6 is 0 Å². The summed E-state index contributed by atoms with van der Waals surface area (Å²) in [5.41, 5.74) is 2.04. The van der Waals surface area contributed by atoms with E-state index < -0.39 is 0 Å². The summed E-state index contributed by atoms with van der Waals surface area (Å²) in [5.74, 6) is 0. The summed E-state index contributed by atoms with van der Waals surface area (Å²) >= 11 is 0. The van der Waals surface area contributed by atoms with Crippen LogP contribution in [0.25, 0.3) is 21.7 Å². The van der Waals surface area contributed by atoms with Gasteiger partial charge >= 0.3 is 0 Å². The molecule has 0 amide bonds. The summed E-state index contributed by atoms with van der Waals surface area (Å²) < 4.78 is 0. The first kappa shape index (κ1) is 9.16. The van der Waals surface area contributed by atoms with E-state index in [1.807, 2.05) is 37.3 Å². The maximum atomic E-state index is 11.8. The minimum absolute atomic E-state index is 0.0197. The summed E-state index contributed by atoms with van der Waals surface area (Å²) in [6.07, 6.45) is 0. The molecule has 3 rings (SSSR count). The van der Waals surface area contributed by atoms with Crippen molar-refractivity contribution in [3.05, 3.63) is 58.4 Å². The van der Waals surface area contributed by atoms with Crippen molar-refractivity contribution in [1.29, 1.82) is 0 Å². The van der Waals surface area contributed by atoms with Crippen LogP contribution < -0.4 is 5.56 Å². The van der Waals surface area contributed by atoms with Crippen molar-refractivity contribution in [3.63, 3.8) is 0 Å². The zero-order valence-corrected chi connectivity index (χ0v) is 8.95. The zero-order valence-electron chi connectivity index (χ0n) is 8.95. The van der Waals surface area contributed by atoms with E-state index in [-0.39, 0.29) is 5.56 Å². The van der Waals surface area contributed by atoms with Gasteiger partial charge in [-0.1, -0.05) is 30.3 Å². The molecule has 1 heterocycles. The minimum Gasteiger partial charge on any atom is -0.321 e. The van der Waals surface area contributed by atoms with Gasteiger partial charge in [-0.25, -0.2) is 0 Å². The number of aromatic amines is 1. The number of aromatic nitrogens is 1. The lowest BCUT2D eigenvalue weighted by Gasteiger charge is -2.03. The van der Waals surface area contributed by atoms with Gasteiger partial charge in [0.25, 0.3) is 5.56 Å². The van der Waals surface area contributed by atoms with Crippen LogP contribution in [-0.2, 0) is 0 Å². The van der Waals surface area contributed by atoms with Crippen LogP contribution in [0.4, 0.5) is 0 Å². The second-order valence-electron chi connectivity index (χ2n) is 4.05. The van der Waals surface area contributed by atoms with E-state index >= 15 is 0 Å². The number of pyridine rings is 1. The Balaban J connectivity index is 2.64. The Bertz CT molecular complexity index is 740. The first-order valence-electron chi connectivity index (χ1n) is 5.27. The molecule has 0 saturated heterocycles. The van der Waals surface area contributed by atoms with Crippen molar-refractivity contribution in [2.24, 2.45) is 0 Å². The molecule has 78 valence electrons. The van der Waals surface area contributed by atoms with Crippen LogP contribution in [0.2, 0.25) is 0 Å². The SMILES string of the molecule is Cc1ccc2c(c1)[nH]c(=O)c1ccccc12. The van der Waals surface area contributed by atoms with Gasteiger partial charge in [0.1, 0.15) is 0 Å². The van der Waals surface area contributed by atoms with Gasteiger partial charge in [0.2, 0.25) is 0 Å². The number of hydrogen-bond acceptors (Lipinski definition) is 1. The van der Waals surface area contributed by atoms with Gasteiger partial charge in [-0.2, -0.15) is 0 Å². The lowest BCUT2D eigenvalue weighted by Crippen LogP contribution is -2.05. The lowest BCUT2D eigenvalue weighted by molar-refractivity contribution is 1.33. The predicted molar refractivity (Wildman–Crippen MR) is 66.8 cm³/mol. The monoisotopic (exact) mass is 209 g/mol. The smallest absolute Gasteiger partial charge is 0.256 e. The zero-order chi connectivity index (χ0) is 11.1. The second-order valence-corrected chi connectivity index (χ2v) is 4.05. The molecule has 2 heteroatoms.